The minimum absolute atomic E-state index is 0.0989. The van der Waals surface area contributed by atoms with Crippen LogP contribution in [0.25, 0.3) is 0 Å². The van der Waals surface area contributed by atoms with Gasteiger partial charge in [-0.3, -0.25) is 4.98 Å². The van der Waals surface area contributed by atoms with Gasteiger partial charge in [-0.05, 0) is 43.7 Å². The first-order valence-electron chi connectivity index (χ1n) is 6.03. The lowest BCUT2D eigenvalue weighted by molar-refractivity contribution is -0.00182. The quantitative estimate of drug-likeness (QED) is 0.845. The van der Waals surface area contributed by atoms with Gasteiger partial charge in [0, 0.05) is 12.4 Å². The Labute approximate surface area is 96.5 Å². The van der Waals surface area contributed by atoms with Crippen molar-refractivity contribution in [3.05, 3.63) is 30.1 Å². The molecule has 0 bridgehead atoms. The molecule has 1 N–H and O–H groups in total. The number of pyridine rings is 1. The Hall–Kier alpha value is -0.930. The van der Waals surface area contributed by atoms with Crippen molar-refractivity contribution in [1.29, 1.82) is 0 Å². The van der Waals surface area contributed by atoms with Gasteiger partial charge in [0.05, 0.1) is 18.8 Å². The van der Waals surface area contributed by atoms with Crippen LogP contribution in [-0.4, -0.2) is 28.9 Å². The molecule has 0 unspecified atom stereocenters. The molecular weight excluding hydrogens is 202 g/mol. The summed E-state index contributed by atoms with van der Waals surface area (Å²) in [5, 5.41) is 9.37. The van der Waals surface area contributed by atoms with Gasteiger partial charge in [-0.15, -0.1) is 0 Å². The van der Waals surface area contributed by atoms with Crippen LogP contribution in [0.2, 0.25) is 0 Å². The molecule has 3 heteroatoms. The van der Waals surface area contributed by atoms with Crippen molar-refractivity contribution in [2.24, 2.45) is 0 Å². The summed E-state index contributed by atoms with van der Waals surface area (Å²) in [5.41, 5.74) is 1.22. The van der Waals surface area contributed by atoms with Crippen molar-refractivity contribution in [1.82, 2.24) is 4.98 Å². The zero-order valence-corrected chi connectivity index (χ0v) is 9.51. The minimum Gasteiger partial charge on any atom is -0.393 e. The van der Waals surface area contributed by atoms with Crippen molar-refractivity contribution < 1.29 is 9.84 Å². The molecule has 2 rings (SSSR count). The fraction of sp³-hybridized carbons (Fsp3) is 0.615. The number of aromatic nitrogens is 1. The Bertz CT molecular complexity index is 294. The Morgan fingerprint density at radius 3 is 2.81 bits per heavy atom. The number of nitrogens with zero attached hydrogens (tertiary/aromatic N) is 1. The Morgan fingerprint density at radius 2 is 2.12 bits per heavy atom. The molecule has 88 valence electrons. The lowest BCUT2D eigenvalue weighted by atomic mass is 9.95. The van der Waals surface area contributed by atoms with Crippen LogP contribution in [0.5, 0.6) is 0 Å². The van der Waals surface area contributed by atoms with E-state index in [0.717, 1.165) is 38.7 Å². The van der Waals surface area contributed by atoms with Crippen molar-refractivity contribution >= 4 is 0 Å². The van der Waals surface area contributed by atoms with Gasteiger partial charge in [0.1, 0.15) is 0 Å². The van der Waals surface area contributed by atoms with E-state index in [1.165, 1.54) is 5.56 Å². The fourth-order valence-corrected chi connectivity index (χ4v) is 2.10. The third-order valence-corrected chi connectivity index (χ3v) is 3.11. The van der Waals surface area contributed by atoms with Crippen LogP contribution in [0.1, 0.15) is 31.2 Å². The fourth-order valence-electron chi connectivity index (χ4n) is 2.10. The molecule has 1 aromatic heterocycles. The Balaban J connectivity index is 1.65. The largest absolute Gasteiger partial charge is 0.393 e. The highest BCUT2D eigenvalue weighted by molar-refractivity contribution is 5.08. The summed E-state index contributed by atoms with van der Waals surface area (Å²) in [7, 11) is 0. The Morgan fingerprint density at radius 1 is 1.31 bits per heavy atom. The summed E-state index contributed by atoms with van der Waals surface area (Å²) < 4.78 is 5.80. The monoisotopic (exact) mass is 221 g/mol. The van der Waals surface area contributed by atoms with Crippen molar-refractivity contribution in [3.63, 3.8) is 0 Å². The summed E-state index contributed by atoms with van der Waals surface area (Å²) >= 11 is 0. The highest BCUT2D eigenvalue weighted by atomic mass is 16.5. The topological polar surface area (TPSA) is 42.4 Å². The molecule has 0 amide bonds. The van der Waals surface area contributed by atoms with Crippen LogP contribution < -0.4 is 0 Å². The highest BCUT2D eigenvalue weighted by Crippen LogP contribution is 2.21. The van der Waals surface area contributed by atoms with Crippen LogP contribution in [0.4, 0.5) is 0 Å². The standard InChI is InChI=1S/C13H19NO2/c15-12-3-5-13(6-4-12)16-9-7-11-2-1-8-14-10-11/h1-2,8,10,12-13,15H,3-7,9H2. The van der Waals surface area contributed by atoms with E-state index in [-0.39, 0.29) is 6.10 Å². The zero-order chi connectivity index (χ0) is 11.2. The molecule has 1 saturated carbocycles. The lowest BCUT2D eigenvalue weighted by Crippen LogP contribution is -2.25. The van der Waals surface area contributed by atoms with E-state index in [4.69, 9.17) is 4.74 Å². The maximum absolute atomic E-state index is 9.37. The first-order valence-corrected chi connectivity index (χ1v) is 6.03. The highest BCUT2D eigenvalue weighted by Gasteiger charge is 2.19. The summed E-state index contributed by atoms with van der Waals surface area (Å²) in [5.74, 6) is 0. The third-order valence-electron chi connectivity index (χ3n) is 3.11. The van der Waals surface area contributed by atoms with Crippen LogP contribution in [0.3, 0.4) is 0 Å². The molecule has 0 aromatic carbocycles. The van der Waals surface area contributed by atoms with Gasteiger partial charge in [-0.25, -0.2) is 0 Å². The van der Waals surface area contributed by atoms with E-state index in [2.05, 4.69) is 11.1 Å². The number of aliphatic hydroxyl groups is 1. The van der Waals surface area contributed by atoms with Gasteiger partial charge in [-0.1, -0.05) is 6.07 Å². The molecule has 0 spiro atoms. The Kier molecular flexibility index (Phi) is 4.31. The van der Waals surface area contributed by atoms with E-state index in [1.807, 2.05) is 12.3 Å². The smallest absolute Gasteiger partial charge is 0.0577 e. The van der Waals surface area contributed by atoms with E-state index in [1.54, 1.807) is 6.20 Å². The molecule has 1 aliphatic rings. The van der Waals surface area contributed by atoms with Gasteiger partial charge in [-0.2, -0.15) is 0 Å². The molecule has 0 radical (unpaired) electrons. The van der Waals surface area contributed by atoms with Gasteiger partial charge in [0.25, 0.3) is 0 Å². The molecule has 0 aliphatic heterocycles. The number of ether oxygens (including phenoxy) is 1. The van der Waals surface area contributed by atoms with E-state index < -0.39 is 0 Å². The molecule has 1 heterocycles. The van der Waals surface area contributed by atoms with Gasteiger partial charge >= 0.3 is 0 Å². The number of hydrogen-bond acceptors (Lipinski definition) is 3. The first-order chi connectivity index (χ1) is 7.84. The second kappa shape index (κ2) is 5.97. The minimum atomic E-state index is -0.0989. The summed E-state index contributed by atoms with van der Waals surface area (Å²) in [4.78, 5) is 4.07. The molecule has 16 heavy (non-hydrogen) atoms. The van der Waals surface area contributed by atoms with Gasteiger partial charge < -0.3 is 9.84 Å². The summed E-state index contributed by atoms with van der Waals surface area (Å²) in [6.07, 6.45) is 8.60. The van der Waals surface area contributed by atoms with Crippen LogP contribution >= 0.6 is 0 Å². The molecular formula is C13H19NO2. The average Bonchev–Trinajstić information content (AvgIpc) is 2.33. The van der Waals surface area contributed by atoms with Crippen LogP contribution in [0, 0.1) is 0 Å². The van der Waals surface area contributed by atoms with Crippen molar-refractivity contribution in [2.75, 3.05) is 6.61 Å². The molecule has 0 saturated heterocycles. The van der Waals surface area contributed by atoms with Crippen LogP contribution in [-0.2, 0) is 11.2 Å². The predicted molar refractivity (Wildman–Crippen MR) is 62.2 cm³/mol. The molecule has 1 aromatic rings. The summed E-state index contributed by atoms with van der Waals surface area (Å²) in [6.45, 7) is 0.756. The number of hydrogen-bond donors (Lipinski definition) is 1. The molecule has 0 atom stereocenters. The maximum atomic E-state index is 9.37. The van der Waals surface area contributed by atoms with E-state index in [0.29, 0.717) is 6.10 Å². The third kappa shape index (κ3) is 3.58. The lowest BCUT2D eigenvalue weighted by Gasteiger charge is -2.25. The SMILES string of the molecule is OC1CCC(OCCc2cccnc2)CC1. The average molecular weight is 221 g/mol. The van der Waals surface area contributed by atoms with Crippen molar-refractivity contribution in [3.8, 4) is 0 Å². The maximum Gasteiger partial charge on any atom is 0.0577 e. The zero-order valence-electron chi connectivity index (χ0n) is 9.51. The van der Waals surface area contributed by atoms with E-state index >= 15 is 0 Å². The molecule has 1 aliphatic carbocycles. The molecule has 1 fully saturated rings. The normalized spacial score (nSPS) is 25.6. The van der Waals surface area contributed by atoms with Gasteiger partial charge in [0.15, 0.2) is 0 Å². The number of aliphatic hydroxyl groups excluding tert-OH is 1. The predicted octanol–water partition coefficient (Wildman–Crippen LogP) is 1.94. The van der Waals surface area contributed by atoms with Crippen molar-refractivity contribution in [2.45, 2.75) is 44.3 Å². The summed E-state index contributed by atoms with van der Waals surface area (Å²) in [6, 6.07) is 4.02. The van der Waals surface area contributed by atoms with Gasteiger partial charge in [0.2, 0.25) is 0 Å². The van der Waals surface area contributed by atoms with E-state index in [9.17, 15) is 5.11 Å². The number of rotatable bonds is 4. The first kappa shape index (κ1) is 11.6. The van der Waals surface area contributed by atoms with Crippen LogP contribution in [0.15, 0.2) is 24.5 Å². The molecule has 3 nitrogen and oxygen atoms in total. The second-order valence-electron chi connectivity index (χ2n) is 4.41. The second-order valence-corrected chi connectivity index (χ2v) is 4.41.